The lowest BCUT2D eigenvalue weighted by molar-refractivity contribution is -0.132. The van der Waals surface area contributed by atoms with Crippen LogP contribution in [-0.4, -0.2) is 57.8 Å². The van der Waals surface area contributed by atoms with Crippen LogP contribution in [0.5, 0.6) is 0 Å². The van der Waals surface area contributed by atoms with Crippen molar-refractivity contribution in [2.24, 2.45) is 5.92 Å². The van der Waals surface area contributed by atoms with E-state index in [1.807, 2.05) is 12.1 Å². The van der Waals surface area contributed by atoms with Crippen LogP contribution in [-0.2, 0) is 4.79 Å². The number of pyridine rings is 1. The topological polar surface area (TPSA) is 140 Å². The number of nitrogens with zero attached hydrogens (tertiary/aromatic N) is 4. The first-order valence-electron chi connectivity index (χ1n) is 10.1. The van der Waals surface area contributed by atoms with Crippen LogP contribution in [0.25, 0.3) is 22.5 Å². The molecule has 10 nitrogen and oxygen atoms in total. The van der Waals surface area contributed by atoms with Gasteiger partial charge in [-0.2, -0.15) is 5.26 Å². The highest BCUT2D eigenvalue weighted by Crippen LogP contribution is 2.34. The van der Waals surface area contributed by atoms with Gasteiger partial charge in [-0.25, -0.2) is 9.97 Å². The molecular weight excluding hydrogens is 398 g/mol. The zero-order chi connectivity index (χ0) is 22.0. The van der Waals surface area contributed by atoms with Gasteiger partial charge in [-0.05, 0) is 18.4 Å². The van der Waals surface area contributed by atoms with Gasteiger partial charge in [0.25, 0.3) is 5.91 Å². The first-order valence-corrected chi connectivity index (χ1v) is 10.1. The molecule has 3 N–H and O–H groups in total. The number of likely N-dealkylation sites (tertiary alicyclic amines) is 1. The number of aromatic nitrogens is 3. The molecule has 3 aromatic heterocycles. The number of anilines is 1. The highest BCUT2D eigenvalue weighted by molar-refractivity contribution is 5.98. The molecule has 0 radical (unpaired) electrons. The van der Waals surface area contributed by atoms with Gasteiger partial charge in [-0.15, -0.1) is 0 Å². The summed E-state index contributed by atoms with van der Waals surface area (Å²) >= 11 is 0. The number of carbonyl (C=O) groups excluding carboxylic acids is 2. The minimum atomic E-state index is -0.340. The van der Waals surface area contributed by atoms with E-state index in [1.54, 1.807) is 17.3 Å². The number of hydrogen-bond donors (Lipinski definition) is 3. The fourth-order valence-corrected chi connectivity index (χ4v) is 4.00. The number of amides is 2. The standard InChI is InChI=1S/C21H23N7O3/c1-12-7-13(10-28(9-12)17(29)3-5-22)26-18-14-4-6-24-19(14)25-8-15(18)21-27-16(11-31-21)20(30)23-2/h4,6,8,11-13H,3,7,9-10H2,1-2H3,(H,23,30)(H2,24,25,26)/t12-,13+/m0/s1. The Morgan fingerprint density at radius 1 is 1.42 bits per heavy atom. The van der Waals surface area contributed by atoms with Crippen LogP contribution in [0.4, 0.5) is 5.69 Å². The summed E-state index contributed by atoms with van der Waals surface area (Å²) in [5.41, 5.74) is 2.27. The monoisotopic (exact) mass is 421 g/mol. The Morgan fingerprint density at radius 3 is 3.03 bits per heavy atom. The lowest BCUT2D eigenvalue weighted by atomic mass is 9.95. The summed E-state index contributed by atoms with van der Waals surface area (Å²) in [4.78, 5) is 37.8. The van der Waals surface area contributed by atoms with Crippen molar-refractivity contribution < 1.29 is 14.0 Å². The van der Waals surface area contributed by atoms with Gasteiger partial charge < -0.3 is 24.9 Å². The number of carbonyl (C=O) groups is 2. The summed E-state index contributed by atoms with van der Waals surface area (Å²) in [6.45, 7) is 3.22. The number of H-pyrrole nitrogens is 1. The minimum absolute atomic E-state index is 0.0287. The van der Waals surface area contributed by atoms with Gasteiger partial charge in [0, 0.05) is 44.0 Å². The van der Waals surface area contributed by atoms with Gasteiger partial charge in [0.1, 0.15) is 18.3 Å². The van der Waals surface area contributed by atoms with Crippen molar-refractivity contribution in [2.75, 3.05) is 25.5 Å². The Labute approximate surface area is 178 Å². The van der Waals surface area contributed by atoms with Crippen LogP contribution < -0.4 is 10.6 Å². The first kappa shape index (κ1) is 20.4. The van der Waals surface area contributed by atoms with Gasteiger partial charge in [0.2, 0.25) is 11.8 Å². The summed E-state index contributed by atoms with van der Waals surface area (Å²) in [5, 5.41) is 15.8. The van der Waals surface area contributed by atoms with E-state index in [1.165, 1.54) is 13.3 Å². The third-order valence-electron chi connectivity index (χ3n) is 5.37. The molecule has 2 atom stereocenters. The summed E-state index contributed by atoms with van der Waals surface area (Å²) in [6.07, 6.45) is 5.49. The Morgan fingerprint density at radius 2 is 2.26 bits per heavy atom. The second-order valence-electron chi connectivity index (χ2n) is 7.72. The predicted molar refractivity (Wildman–Crippen MR) is 113 cm³/mol. The summed E-state index contributed by atoms with van der Waals surface area (Å²) in [7, 11) is 1.53. The number of oxazole rings is 1. The molecule has 3 aromatic rings. The van der Waals surface area contributed by atoms with E-state index in [0.717, 1.165) is 17.5 Å². The fraction of sp³-hybridized carbons (Fsp3) is 0.381. The second-order valence-corrected chi connectivity index (χ2v) is 7.72. The summed E-state index contributed by atoms with van der Waals surface area (Å²) < 4.78 is 5.58. The van der Waals surface area contributed by atoms with Gasteiger partial charge in [-0.3, -0.25) is 9.59 Å². The van der Waals surface area contributed by atoms with Crippen LogP contribution in [0.2, 0.25) is 0 Å². The zero-order valence-corrected chi connectivity index (χ0v) is 17.3. The molecular formula is C21H23N7O3. The van der Waals surface area contributed by atoms with Crippen molar-refractivity contribution in [1.29, 1.82) is 5.26 Å². The van der Waals surface area contributed by atoms with E-state index in [4.69, 9.17) is 9.68 Å². The average Bonchev–Trinajstić information content (AvgIpc) is 3.43. The van der Waals surface area contributed by atoms with Gasteiger partial charge in [-0.1, -0.05) is 6.92 Å². The highest BCUT2D eigenvalue weighted by Gasteiger charge is 2.29. The van der Waals surface area contributed by atoms with Crippen LogP contribution in [0.1, 0.15) is 30.3 Å². The van der Waals surface area contributed by atoms with E-state index >= 15 is 0 Å². The number of hydrogen-bond acceptors (Lipinski definition) is 7. The van der Waals surface area contributed by atoms with Crippen molar-refractivity contribution in [3.63, 3.8) is 0 Å². The van der Waals surface area contributed by atoms with Crippen molar-refractivity contribution in [3.8, 4) is 17.5 Å². The number of rotatable bonds is 5. The van der Waals surface area contributed by atoms with Gasteiger partial charge >= 0.3 is 0 Å². The molecule has 160 valence electrons. The quantitative estimate of drug-likeness (QED) is 0.573. The smallest absolute Gasteiger partial charge is 0.272 e. The molecule has 4 rings (SSSR count). The SMILES string of the molecule is CNC(=O)c1coc(-c2cnc3[nH]ccc3c2N[C@@H]2C[C@H](C)CN(C(=O)CC#N)C2)n1. The third-order valence-corrected chi connectivity index (χ3v) is 5.37. The normalized spacial score (nSPS) is 18.5. The number of nitriles is 1. The van der Waals surface area contributed by atoms with Crippen molar-refractivity contribution >= 4 is 28.5 Å². The summed E-state index contributed by atoms with van der Waals surface area (Å²) in [5.74, 6) is 0.0546. The zero-order valence-electron chi connectivity index (χ0n) is 17.3. The van der Waals surface area contributed by atoms with Gasteiger partial charge in [0.15, 0.2) is 5.69 Å². The van der Waals surface area contributed by atoms with Crippen molar-refractivity contribution in [1.82, 2.24) is 25.2 Å². The van der Waals surface area contributed by atoms with Crippen LogP contribution in [0.15, 0.2) is 29.1 Å². The Kier molecular flexibility index (Phi) is 5.58. The Bertz CT molecular complexity index is 1160. The van der Waals surface area contributed by atoms with E-state index in [9.17, 15) is 9.59 Å². The molecule has 1 aliphatic rings. The highest BCUT2D eigenvalue weighted by atomic mass is 16.3. The molecule has 0 spiro atoms. The van der Waals surface area contributed by atoms with E-state index in [-0.39, 0.29) is 41.8 Å². The predicted octanol–water partition coefficient (Wildman–Crippen LogP) is 2.14. The van der Waals surface area contributed by atoms with E-state index in [2.05, 4.69) is 32.5 Å². The Hall–Kier alpha value is -3.87. The first-order chi connectivity index (χ1) is 15.0. The third kappa shape index (κ3) is 4.07. The van der Waals surface area contributed by atoms with Crippen LogP contribution in [0, 0.1) is 17.2 Å². The lowest BCUT2D eigenvalue weighted by Crippen LogP contribution is -2.48. The molecule has 10 heteroatoms. The average molecular weight is 421 g/mol. The molecule has 4 heterocycles. The maximum atomic E-state index is 12.3. The number of aromatic amines is 1. The largest absolute Gasteiger partial charge is 0.443 e. The molecule has 0 saturated carbocycles. The molecule has 0 aliphatic carbocycles. The van der Waals surface area contributed by atoms with E-state index < -0.39 is 0 Å². The second kappa shape index (κ2) is 8.47. The minimum Gasteiger partial charge on any atom is -0.443 e. The molecule has 1 aliphatic heterocycles. The van der Waals surface area contributed by atoms with Crippen molar-refractivity contribution in [3.05, 3.63) is 30.4 Å². The number of nitrogens with one attached hydrogen (secondary N) is 3. The molecule has 2 amide bonds. The fourth-order valence-electron chi connectivity index (χ4n) is 4.00. The van der Waals surface area contributed by atoms with Gasteiger partial charge in [0.05, 0.1) is 17.3 Å². The lowest BCUT2D eigenvalue weighted by Gasteiger charge is -2.37. The molecule has 0 bridgehead atoms. The molecule has 0 aromatic carbocycles. The Balaban J connectivity index is 1.68. The molecule has 31 heavy (non-hydrogen) atoms. The maximum absolute atomic E-state index is 12.3. The molecule has 0 unspecified atom stereocenters. The molecule has 1 fully saturated rings. The maximum Gasteiger partial charge on any atom is 0.272 e. The molecule has 1 saturated heterocycles. The van der Waals surface area contributed by atoms with E-state index in [0.29, 0.717) is 24.3 Å². The van der Waals surface area contributed by atoms with Crippen LogP contribution in [0.3, 0.4) is 0 Å². The van der Waals surface area contributed by atoms with Crippen molar-refractivity contribution in [2.45, 2.75) is 25.8 Å². The van der Waals surface area contributed by atoms with Crippen LogP contribution >= 0.6 is 0 Å². The number of fused-ring (bicyclic) bond motifs is 1. The summed E-state index contributed by atoms with van der Waals surface area (Å²) in [6, 6.07) is 3.81. The number of piperidine rings is 1.